The summed E-state index contributed by atoms with van der Waals surface area (Å²) in [5.41, 5.74) is 0.935. The average molecular weight is 280 g/mol. The number of fused-ring (bicyclic) bond motifs is 1. The van der Waals surface area contributed by atoms with Crippen molar-refractivity contribution < 1.29 is 19.6 Å². The lowest BCUT2D eigenvalue weighted by Gasteiger charge is -2.05. The van der Waals surface area contributed by atoms with Crippen molar-refractivity contribution in [1.82, 2.24) is 0 Å². The number of phenolic OH excluding ortho intramolecular Hbond substituents is 2. The van der Waals surface area contributed by atoms with Crippen molar-refractivity contribution >= 4 is 16.6 Å². The van der Waals surface area contributed by atoms with E-state index < -0.39 is 0 Å². The molecule has 21 heavy (non-hydrogen) atoms. The van der Waals surface area contributed by atoms with Crippen LogP contribution in [0.1, 0.15) is 16.1 Å². The van der Waals surface area contributed by atoms with Crippen LogP contribution in [-0.4, -0.2) is 16.0 Å². The van der Waals surface area contributed by atoms with Gasteiger partial charge in [-0.3, -0.25) is 4.79 Å². The minimum atomic E-state index is -0.176. The first kappa shape index (κ1) is 13.1. The number of rotatable bonds is 2. The lowest BCUT2D eigenvalue weighted by Crippen LogP contribution is -2.36. The summed E-state index contributed by atoms with van der Waals surface area (Å²) in [5.74, 6) is 0.0400. The molecule has 0 unspecified atom stereocenters. The number of carbonyl (C=O) groups excluding carboxylic acids is 1. The molecule has 104 valence electrons. The van der Waals surface area contributed by atoms with Gasteiger partial charge in [0, 0.05) is 11.6 Å². The summed E-state index contributed by atoms with van der Waals surface area (Å²) in [6.45, 7) is 0. The second kappa shape index (κ2) is 4.90. The first-order chi connectivity index (χ1) is 10.1. The summed E-state index contributed by atoms with van der Waals surface area (Å²) in [5, 5.41) is 20.6. The molecule has 0 fully saturated rings. The number of hydrogen-bond acceptors (Lipinski definition) is 3. The van der Waals surface area contributed by atoms with Crippen LogP contribution in [0.5, 0.6) is 11.5 Å². The monoisotopic (exact) mass is 280 g/mol. The SMILES string of the molecule is C[n+]1ccc2cc(O)ccc2c1C(=O)c1cccc(O)c1. The van der Waals surface area contributed by atoms with E-state index in [0.29, 0.717) is 11.3 Å². The molecule has 0 saturated heterocycles. The normalized spacial score (nSPS) is 10.7. The van der Waals surface area contributed by atoms with Crippen LogP contribution >= 0.6 is 0 Å². The Morgan fingerprint density at radius 1 is 1.00 bits per heavy atom. The van der Waals surface area contributed by atoms with E-state index in [-0.39, 0.29) is 17.3 Å². The van der Waals surface area contributed by atoms with Crippen molar-refractivity contribution in [3.63, 3.8) is 0 Å². The summed E-state index contributed by atoms with van der Waals surface area (Å²) < 4.78 is 1.74. The molecule has 4 heteroatoms. The Morgan fingerprint density at radius 3 is 2.52 bits per heavy atom. The number of aromatic nitrogens is 1. The Kier molecular flexibility index (Phi) is 3.06. The number of pyridine rings is 1. The van der Waals surface area contributed by atoms with Gasteiger partial charge in [-0.25, -0.2) is 0 Å². The summed E-state index contributed by atoms with van der Waals surface area (Å²) in [6, 6.07) is 13.0. The lowest BCUT2D eigenvalue weighted by atomic mass is 10.0. The molecule has 0 spiro atoms. The van der Waals surface area contributed by atoms with Crippen LogP contribution in [0, 0.1) is 0 Å². The van der Waals surface area contributed by atoms with Crippen LogP contribution in [0.4, 0.5) is 0 Å². The van der Waals surface area contributed by atoms with E-state index in [2.05, 4.69) is 0 Å². The summed E-state index contributed by atoms with van der Waals surface area (Å²) >= 11 is 0. The highest BCUT2D eigenvalue weighted by molar-refractivity contribution is 6.14. The predicted octanol–water partition coefficient (Wildman–Crippen LogP) is 2.31. The largest absolute Gasteiger partial charge is 0.508 e. The van der Waals surface area contributed by atoms with Crippen molar-refractivity contribution in [2.75, 3.05) is 0 Å². The molecule has 0 saturated carbocycles. The van der Waals surface area contributed by atoms with E-state index in [1.807, 2.05) is 6.07 Å². The molecule has 0 atom stereocenters. The van der Waals surface area contributed by atoms with Gasteiger partial charge in [-0.15, -0.1) is 0 Å². The van der Waals surface area contributed by atoms with Gasteiger partial charge in [0.15, 0.2) is 6.20 Å². The summed E-state index contributed by atoms with van der Waals surface area (Å²) in [7, 11) is 1.79. The number of hydrogen-bond donors (Lipinski definition) is 2. The highest BCUT2D eigenvalue weighted by atomic mass is 16.3. The molecule has 0 aliphatic rings. The van der Waals surface area contributed by atoms with Crippen LogP contribution in [0.25, 0.3) is 10.8 Å². The first-order valence-electron chi connectivity index (χ1n) is 6.51. The Labute approximate surface area is 121 Å². The molecular weight excluding hydrogens is 266 g/mol. The van der Waals surface area contributed by atoms with Crippen LogP contribution in [0.15, 0.2) is 54.7 Å². The Morgan fingerprint density at radius 2 is 1.76 bits per heavy atom. The van der Waals surface area contributed by atoms with E-state index in [1.165, 1.54) is 12.1 Å². The standard InChI is InChI=1S/C17H13NO3/c1-18-8-7-11-9-14(20)5-6-15(11)16(18)17(21)12-3-2-4-13(19)10-12/h2-10,19H,1H3/p+1. The van der Waals surface area contributed by atoms with Crippen molar-refractivity contribution in [3.05, 3.63) is 66.0 Å². The number of ketones is 1. The molecule has 3 rings (SSSR count). The minimum Gasteiger partial charge on any atom is -0.508 e. The fourth-order valence-corrected chi connectivity index (χ4v) is 2.43. The number of aromatic hydroxyl groups is 2. The molecule has 0 radical (unpaired) electrons. The van der Waals surface area contributed by atoms with Gasteiger partial charge in [-0.1, -0.05) is 12.1 Å². The smallest absolute Gasteiger partial charge is 0.261 e. The van der Waals surface area contributed by atoms with Gasteiger partial charge in [0.2, 0.25) is 0 Å². The quantitative estimate of drug-likeness (QED) is 0.559. The third-order valence-electron chi connectivity index (χ3n) is 3.44. The van der Waals surface area contributed by atoms with E-state index in [9.17, 15) is 15.0 Å². The lowest BCUT2D eigenvalue weighted by molar-refractivity contribution is -0.671. The highest BCUT2D eigenvalue weighted by Crippen LogP contribution is 2.23. The number of carbonyl (C=O) groups is 1. The topological polar surface area (TPSA) is 61.4 Å². The molecule has 4 nitrogen and oxygen atoms in total. The number of aryl methyl sites for hydroxylation is 1. The zero-order valence-electron chi connectivity index (χ0n) is 11.4. The van der Waals surface area contributed by atoms with Crippen molar-refractivity contribution in [2.24, 2.45) is 7.05 Å². The van der Waals surface area contributed by atoms with Gasteiger partial charge >= 0.3 is 0 Å². The molecule has 1 aromatic heterocycles. The molecule has 1 heterocycles. The second-order valence-electron chi connectivity index (χ2n) is 4.93. The van der Waals surface area contributed by atoms with Gasteiger partial charge in [0.1, 0.15) is 18.5 Å². The van der Waals surface area contributed by atoms with Gasteiger partial charge in [-0.2, -0.15) is 4.57 Å². The molecular formula is C17H14NO3+. The number of nitrogens with zero attached hydrogens (tertiary/aromatic N) is 1. The van der Waals surface area contributed by atoms with Gasteiger partial charge < -0.3 is 10.2 Å². The fourth-order valence-electron chi connectivity index (χ4n) is 2.43. The third kappa shape index (κ3) is 2.31. The van der Waals surface area contributed by atoms with Crippen molar-refractivity contribution in [3.8, 4) is 11.5 Å². The molecule has 2 N–H and O–H groups in total. The van der Waals surface area contributed by atoms with E-state index >= 15 is 0 Å². The van der Waals surface area contributed by atoms with Crippen LogP contribution in [0.2, 0.25) is 0 Å². The van der Waals surface area contributed by atoms with Gasteiger partial charge in [0.05, 0.1) is 5.39 Å². The molecule has 2 aromatic carbocycles. The van der Waals surface area contributed by atoms with Crippen LogP contribution in [-0.2, 0) is 7.05 Å². The first-order valence-corrected chi connectivity index (χ1v) is 6.51. The Bertz CT molecular complexity index is 856. The van der Waals surface area contributed by atoms with E-state index in [0.717, 1.165) is 10.8 Å². The Balaban J connectivity index is 2.24. The average Bonchev–Trinajstić information content (AvgIpc) is 2.47. The second-order valence-corrected chi connectivity index (χ2v) is 4.93. The zero-order chi connectivity index (χ0) is 15.0. The fraction of sp³-hybridized carbons (Fsp3) is 0.0588. The maximum Gasteiger partial charge on any atom is 0.261 e. The van der Waals surface area contributed by atoms with E-state index in [4.69, 9.17) is 0 Å². The van der Waals surface area contributed by atoms with E-state index in [1.54, 1.807) is 48.1 Å². The molecule has 0 aliphatic carbocycles. The maximum absolute atomic E-state index is 12.7. The Hall–Kier alpha value is -2.88. The molecule has 0 bridgehead atoms. The van der Waals surface area contributed by atoms with Crippen LogP contribution < -0.4 is 4.57 Å². The molecule has 0 aliphatic heterocycles. The van der Waals surface area contributed by atoms with Crippen molar-refractivity contribution in [2.45, 2.75) is 0 Å². The zero-order valence-corrected chi connectivity index (χ0v) is 11.4. The third-order valence-corrected chi connectivity index (χ3v) is 3.44. The molecule has 3 aromatic rings. The maximum atomic E-state index is 12.7. The predicted molar refractivity (Wildman–Crippen MR) is 78.3 cm³/mol. The number of benzene rings is 2. The van der Waals surface area contributed by atoms with Crippen LogP contribution in [0.3, 0.4) is 0 Å². The van der Waals surface area contributed by atoms with Crippen molar-refractivity contribution in [1.29, 1.82) is 0 Å². The van der Waals surface area contributed by atoms with Gasteiger partial charge in [0.25, 0.3) is 11.5 Å². The molecule has 0 amide bonds. The highest BCUT2D eigenvalue weighted by Gasteiger charge is 2.22. The summed E-state index contributed by atoms with van der Waals surface area (Å²) in [4.78, 5) is 12.7. The van der Waals surface area contributed by atoms with Gasteiger partial charge in [-0.05, 0) is 35.7 Å². The number of phenols is 2. The summed E-state index contributed by atoms with van der Waals surface area (Å²) in [6.07, 6.45) is 1.78. The minimum absolute atomic E-state index is 0.0568.